The number of carbonyl (C=O) groups is 1. The third kappa shape index (κ3) is 4.52. The zero-order valence-corrected chi connectivity index (χ0v) is 11.6. The highest BCUT2D eigenvalue weighted by atomic mass is 16.7. The van der Waals surface area contributed by atoms with Crippen LogP contribution in [-0.2, 0) is 4.84 Å². The molecule has 1 heterocycles. The lowest BCUT2D eigenvalue weighted by Gasteiger charge is -2.22. The third-order valence-electron chi connectivity index (χ3n) is 2.90. The fraction of sp³-hybridized carbons (Fsp3) is 0.571. The lowest BCUT2D eigenvalue weighted by atomic mass is 10.0. The highest BCUT2D eigenvalue weighted by Gasteiger charge is 2.33. The van der Waals surface area contributed by atoms with Crippen LogP contribution in [0.15, 0.2) is 24.5 Å². The quantitative estimate of drug-likeness (QED) is 0.821. The first kappa shape index (κ1) is 13.8. The average molecular weight is 263 g/mol. The summed E-state index contributed by atoms with van der Waals surface area (Å²) in [5.74, 6) is 0.516. The van der Waals surface area contributed by atoms with Crippen molar-refractivity contribution < 1.29 is 9.63 Å². The molecule has 5 nitrogen and oxygen atoms in total. The molecule has 2 amide bonds. The Labute approximate surface area is 113 Å². The van der Waals surface area contributed by atoms with Crippen LogP contribution in [-0.4, -0.2) is 16.6 Å². The first-order chi connectivity index (χ1) is 8.96. The Morgan fingerprint density at radius 3 is 2.53 bits per heavy atom. The van der Waals surface area contributed by atoms with Gasteiger partial charge < -0.3 is 5.32 Å². The average Bonchev–Trinajstić information content (AvgIpc) is 3.18. The molecule has 0 aliphatic heterocycles. The molecule has 0 spiro atoms. The second-order valence-electron chi connectivity index (χ2n) is 5.89. The molecule has 1 aromatic rings. The van der Waals surface area contributed by atoms with Crippen molar-refractivity contribution in [2.24, 2.45) is 5.92 Å². The molecule has 5 heteroatoms. The molecule has 19 heavy (non-hydrogen) atoms. The highest BCUT2D eigenvalue weighted by molar-refractivity contribution is 5.73. The van der Waals surface area contributed by atoms with Crippen molar-refractivity contribution in [3.8, 4) is 0 Å². The lowest BCUT2D eigenvalue weighted by Crippen LogP contribution is -2.42. The Balaban J connectivity index is 1.93. The van der Waals surface area contributed by atoms with Gasteiger partial charge in [-0.15, -0.1) is 0 Å². The van der Waals surface area contributed by atoms with E-state index in [0.717, 1.165) is 18.4 Å². The van der Waals surface area contributed by atoms with E-state index in [1.807, 2.05) is 32.9 Å². The molecular weight excluding hydrogens is 242 g/mol. The summed E-state index contributed by atoms with van der Waals surface area (Å²) in [5.41, 5.74) is 3.13. The van der Waals surface area contributed by atoms with Gasteiger partial charge in [0.2, 0.25) is 0 Å². The molecule has 2 N–H and O–H groups in total. The van der Waals surface area contributed by atoms with E-state index in [1.54, 1.807) is 12.4 Å². The number of amides is 2. The van der Waals surface area contributed by atoms with Crippen LogP contribution in [0.1, 0.15) is 45.2 Å². The standard InChI is InChI=1S/C14H21N3O2/c1-14(2,3)19-17-13(18)16-12(10-4-5-10)11-6-8-15-9-7-11/h6-10,12H,4-5H2,1-3H3,(H2,16,17,18). The van der Waals surface area contributed by atoms with Crippen LogP contribution in [0.4, 0.5) is 4.79 Å². The van der Waals surface area contributed by atoms with Crippen molar-refractivity contribution in [1.82, 2.24) is 15.8 Å². The fourth-order valence-electron chi connectivity index (χ4n) is 1.84. The van der Waals surface area contributed by atoms with Gasteiger partial charge in [-0.1, -0.05) is 0 Å². The maximum absolute atomic E-state index is 11.8. The van der Waals surface area contributed by atoms with Crippen molar-refractivity contribution in [3.05, 3.63) is 30.1 Å². The van der Waals surface area contributed by atoms with Gasteiger partial charge in [-0.2, -0.15) is 0 Å². The first-order valence-electron chi connectivity index (χ1n) is 6.60. The molecule has 1 saturated carbocycles. The van der Waals surface area contributed by atoms with Crippen molar-refractivity contribution in [3.63, 3.8) is 0 Å². The Kier molecular flexibility index (Phi) is 4.04. The molecule has 1 aromatic heterocycles. The van der Waals surface area contributed by atoms with Gasteiger partial charge in [-0.05, 0) is 57.2 Å². The van der Waals surface area contributed by atoms with Crippen LogP contribution >= 0.6 is 0 Å². The third-order valence-corrected chi connectivity index (χ3v) is 2.90. The summed E-state index contributed by atoms with van der Waals surface area (Å²) in [6, 6.07) is 3.61. The molecule has 0 bridgehead atoms. The van der Waals surface area contributed by atoms with Crippen LogP contribution in [0.2, 0.25) is 0 Å². The maximum Gasteiger partial charge on any atom is 0.339 e. The topological polar surface area (TPSA) is 63.2 Å². The second-order valence-corrected chi connectivity index (χ2v) is 5.89. The van der Waals surface area contributed by atoms with E-state index in [2.05, 4.69) is 15.8 Å². The summed E-state index contributed by atoms with van der Waals surface area (Å²) in [5, 5.41) is 2.96. The first-order valence-corrected chi connectivity index (χ1v) is 6.60. The number of aromatic nitrogens is 1. The zero-order valence-electron chi connectivity index (χ0n) is 11.6. The number of pyridine rings is 1. The van der Waals surface area contributed by atoms with E-state index in [4.69, 9.17) is 4.84 Å². The van der Waals surface area contributed by atoms with Crippen LogP contribution in [0.3, 0.4) is 0 Å². The van der Waals surface area contributed by atoms with E-state index in [0.29, 0.717) is 5.92 Å². The van der Waals surface area contributed by atoms with Gasteiger partial charge in [-0.25, -0.2) is 10.3 Å². The minimum Gasteiger partial charge on any atom is -0.329 e. The minimum absolute atomic E-state index is 0.0339. The smallest absolute Gasteiger partial charge is 0.329 e. The van der Waals surface area contributed by atoms with Crippen molar-refractivity contribution in [2.45, 2.75) is 45.3 Å². The monoisotopic (exact) mass is 263 g/mol. The van der Waals surface area contributed by atoms with Crippen LogP contribution < -0.4 is 10.8 Å². The van der Waals surface area contributed by atoms with E-state index < -0.39 is 5.60 Å². The molecule has 104 valence electrons. The Morgan fingerprint density at radius 2 is 2.00 bits per heavy atom. The molecule has 1 aliphatic carbocycles. The fourth-order valence-corrected chi connectivity index (χ4v) is 1.84. The van der Waals surface area contributed by atoms with Gasteiger partial charge in [0.1, 0.15) is 0 Å². The molecule has 0 saturated heterocycles. The van der Waals surface area contributed by atoms with Gasteiger partial charge in [-0.3, -0.25) is 9.82 Å². The van der Waals surface area contributed by atoms with E-state index in [1.165, 1.54) is 0 Å². The van der Waals surface area contributed by atoms with Crippen LogP contribution in [0, 0.1) is 5.92 Å². The van der Waals surface area contributed by atoms with E-state index in [-0.39, 0.29) is 12.1 Å². The number of hydrogen-bond donors (Lipinski definition) is 2. The Bertz CT molecular complexity index is 424. The normalized spacial score (nSPS) is 16.8. The number of nitrogens with one attached hydrogen (secondary N) is 2. The lowest BCUT2D eigenvalue weighted by molar-refractivity contribution is -0.0533. The summed E-state index contributed by atoms with van der Waals surface area (Å²) in [6.07, 6.45) is 5.78. The zero-order chi connectivity index (χ0) is 13.9. The molecule has 0 radical (unpaired) electrons. The number of carbonyl (C=O) groups excluding carboxylic acids is 1. The number of urea groups is 1. The van der Waals surface area contributed by atoms with Gasteiger partial charge in [0.15, 0.2) is 0 Å². The molecule has 0 aromatic carbocycles. The number of hydroxylamine groups is 1. The number of hydrogen-bond acceptors (Lipinski definition) is 3. The number of rotatable bonds is 4. The van der Waals surface area contributed by atoms with Gasteiger partial charge >= 0.3 is 6.03 Å². The Morgan fingerprint density at radius 1 is 1.37 bits per heavy atom. The predicted octanol–water partition coefficient (Wildman–Crippen LogP) is 2.56. The summed E-state index contributed by atoms with van der Waals surface area (Å²) in [7, 11) is 0. The van der Waals surface area contributed by atoms with E-state index in [9.17, 15) is 4.79 Å². The van der Waals surface area contributed by atoms with Crippen molar-refractivity contribution in [2.75, 3.05) is 0 Å². The maximum atomic E-state index is 11.8. The largest absolute Gasteiger partial charge is 0.339 e. The van der Waals surface area contributed by atoms with Gasteiger partial charge in [0.25, 0.3) is 0 Å². The summed E-state index contributed by atoms with van der Waals surface area (Å²) >= 11 is 0. The molecule has 1 atom stereocenters. The minimum atomic E-state index is -0.400. The Hall–Kier alpha value is -1.62. The number of nitrogens with zero attached hydrogens (tertiary/aromatic N) is 1. The molecule has 1 fully saturated rings. The predicted molar refractivity (Wildman–Crippen MR) is 72.2 cm³/mol. The summed E-state index contributed by atoms with van der Waals surface area (Å²) < 4.78 is 0. The van der Waals surface area contributed by atoms with E-state index >= 15 is 0 Å². The van der Waals surface area contributed by atoms with Crippen LogP contribution in [0.5, 0.6) is 0 Å². The molecule has 1 aliphatic rings. The SMILES string of the molecule is CC(C)(C)ONC(=O)NC(c1ccncc1)C1CC1. The van der Waals surface area contributed by atoms with Gasteiger partial charge in [0.05, 0.1) is 11.6 Å². The van der Waals surface area contributed by atoms with Gasteiger partial charge in [0, 0.05) is 12.4 Å². The summed E-state index contributed by atoms with van der Waals surface area (Å²) in [4.78, 5) is 21.1. The molecule has 2 rings (SSSR count). The molecule has 1 unspecified atom stereocenters. The van der Waals surface area contributed by atoms with Crippen molar-refractivity contribution >= 4 is 6.03 Å². The second kappa shape index (κ2) is 5.57. The van der Waals surface area contributed by atoms with Crippen molar-refractivity contribution in [1.29, 1.82) is 0 Å². The summed E-state index contributed by atoms with van der Waals surface area (Å²) in [6.45, 7) is 5.65. The van der Waals surface area contributed by atoms with Crippen LogP contribution in [0.25, 0.3) is 0 Å². The highest BCUT2D eigenvalue weighted by Crippen LogP contribution is 2.40. The molecular formula is C14H21N3O2.